The second-order valence-electron chi connectivity index (χ2n) is 6.61. The fourth-order valence-electron chi connectivity index (χ4n) is 2.32. The van der Waals surface area contributed by atoms with Gasteiger partial charge in [0.1, 0.15) is 0 Å². The van der Waals surface area contributed by atoms with Gasteiger partial charge < -0.3 is 0 Å². The summed E-state index contributed by atoms with van der Waals surface area (Å²) in [5, 5.41) is 2.99. The largest absolute Gasteiger partial charge is 0.288 e. The Morgan fingerprint density at radius 1 is 1.18 bits per heavy atom. The third-order valence-electron chi connectivity index (χ3n) is 2.86. The minimum absolute atomic E-state index is 0.0712. The van der Waals surface area contributed by atoms with Crippen molar-refractivity contribution < 1.29 is 0 Å². The van der Waals surface area contributed by atoms with Crippen molar-refractivity contribution in [1.82, 2.24) is 9.78 Å². The molecule has 1 N–H and O–H groups in total. The molecule has 0 aliphatic heterocycles. The number of aromatic amines is 1. The predicted molar refractivity (Wildman–Crippen MR) is 72.7 cm³/mol. The average molecular weight is 238 g/mol. The van der Waals surface area contributed by atoms with E-state index in [9.17, 15) is 4.79 Å². The zero-order valence-electron chi connectivity index (χ0n) is 12.2. The monoisotopic (exact) mass is 238 g/mol. The summed E-state index contributed by atoms with van der Waals surface area (Å²) in [5.74, 6) is 0.894. The molecule has 0 bridgehead atoms. The molecule has 0 aliphatic carbocycles. The summed E-state index contributed by atoms with van der Waals surface area (Å²) in [6, 6.07) is 0. The first-order valence-corrected chi connectivity index (χ1v) is 6.47. The predicted octanol–water partition coefficient (Wildman–Crippen LogP) is 3.25. The van der Waals surface area contributed by atoms with E-state index < -0.39 is 0 Å². The number of nitrogens with zero attached hydrogens (tertiary/aromatic N) is 1. The van der Waals surface area contributed by atoms with E-state index in [-0.39, 0.29) is 11.0 Å². The van der Waals surface area contributed by atoms with E-state index in [4.69, 9.17) is 0 Å². The molecule has 0 saturated carbocycles. The van der Waals surface area contributed by atoms with E-state index in [1.165, 1.54) is 0 Å². The topological polar surface area (TPSA) is 37.8 Å². The number of rotatable bonds is 3. The number of H-pyrrole nitrogens is 1. The van der Waals surface area contributed by atoms with Crippen LogP contribution in [0.4, 0.5) is 0 Å². The molecule has 3 heteroatoms. The Hall–Kier alpha value is -0.990. The highest BCUT2D eigenvalue weighted by molar-refractivity contribution is 5.28. The SMILES string of the molecule is CC(C)Cn1[nH]c(=O)c(C(C)(C)C)c1C(C)C. The lowest BCUT2D eigenvalue weighted by molar-refractivity contribution is 0.455. The highest BCUT2D eigenvalue weighted by Crippen LogP contribution is 2.28. The third-order valence-corrected chi connectivity index (χ3v) is 2.86. The van der Waals surface area contributed by atoms with Gasteiger partial charge in [0, 0.05) is 17.8 Å². The maximum Gasteiger partial charge on any atom is 0.268 e. The minimum atomic E-state index is -0.102. The zero-order chi connectivity index (χ0) is 13.4. The van der Waals surface area contributed by atoms with Gasteiger partial charge >= 0.3 is 0 Å². The molecule has 0 atom stereocenters. The molecule has 0 fully saturated rings. The Morgan fingerprint density at radius 2 is 1.71 bits per heavy atom. The molecule has 0 spiro atoms. The van der Waals surface area contributed by atoms with Gasteiger partial charge in [-0.2, -0.15) is 0 Å². The van der Waals surface area contributed by atoms with Crippen molar-refractivity contribution in [3.05, 3.63) is 21.6 Å². The minimum Gasteiger partial charge on any atom is -0.288 e. The average Bonchev–Trinajstić information content (AvgIpc) is 2.39. The van der Waals surface area contributed by atoms with Crippen molar-refractivity contribution in [2.24, 2.45) is 5.92 Å². The first-order valence-electron chi connectivity index (χ1n) is 6.47. The first-order chi connectivity index (χ1) is 7.64. The molecule has 98 valence electrons. The maximum absolute atomic E-state index is 12.1. The Bertz CT molecular complexity index is 430. The van der Waals surface area contributed by atoms with Crippen molar-refractivity contribution in [1.29, 1.82) is 0 Å². The normalized spacial score (nSPS) is 12.8. The van der Waals surface area contributed by atoms with Crippen LogP contribution < -0.4 is 5.56 Å². The molecular weight excluding hydrogens is 212 g/mol. The Kier molecular flexibility index (Phi) is 3.90. The number of hydrogen-bond donors (Lipinski definition) is 1. The van der Waals surface area contributed by atoms with Gasteiger partial charge in [-0.1, -0.05) is 48.5 Å². The summed E-state index contributed by atoms with van der Waals surface area (Å²) >= 11 is 0. The van der Waals surface area contributed by atoms with E-state index in [0.29, 0.717) is 11.8 Å². The van der Waals surface area contributed by atoms with Crippen LogP contribution in [-0.4, -0.2) is 9.78 Å². The van der Waals surface area contributed by atoms with E-state index in [2.05, 4.69) is 53.6 Å². The molecule has 0 saturated heterocycles. The van der Waals surface area contributed by atoms with Gasteiger partial charge in [0.05, 0.1) is 0 Å². The van der Waals surface area contributed by atoms with Crippen LogP contribution in [0.5, 0.6) is 0 Å². The van der Waals surface area contributed by atoms with Gasteiger partial charge in [0.15, 0.2) is 0 Å². The quantitative estimate of drug-likeness (QED) is 0.862. The molecule has 1 rings (SSSR count). The summed E-state index contributed by atoms with van der Waals surface area (Å²) in [5.41, 5.74) is 2.07. The molecule has 1 aromatic rings. The van der Waals surface area contributed by atoms with Crippen LogP contribution in [0, 0.1) is 5.92 Å². The van der Waals surface area contributed by atoms with E-state index >= 15 is 0 Å². The van der Waals surface area contributed by atoms with Gasteiger partial charge in [-0.3, -0.25) is 14.6 Å². The first kappa shape index (κ1) is 14.1. The lowest BCUT2D eigenvalue weighted by atomic mass is 9.84. The lowest BCUT2D eigenvalue weighted by Crippen LogP contribution is -2.22. The van der Waals surface area contributed by atoms with Gasteiger partial charge in [0.2, 0.25) is 0 Å². The van der Waals surface area contributed by atoms with Gasteiger partial charge in [-0.05, 0) is 17.3 Å². The fourth-order valence-corrected chi connectivity index (χ4v) is 2.32. The van der Waals surface area contributed by atoms with Crippen molar-refractivity contribution in [2.45, 2.75) is 66.3 Å². The summed E-state index contributed by atoms with van der Waals surface area (Å²) in [4.78, 5) is 12.1. The van der Waals surface area contributed by atoms with Crippen LogP contribution >= 0.6 is 0 Å². The zero-order valence-corrected chi connectivity index (χ0v) is 12.2. The van der Waals surface area contributed by atoms with Crippen LogP contribution in [0.1, 0.15) is 65.6 Å². The number of hydrogen-bond acceptors (Lipinski definition) is 1. The van der Waals surface area contributed by atoms with Crippen LogP contribution in [0.3, 0.4) is 0 Å². The highest BCUT2D eigenvalue weighted by atomic mass is 16.1. The standard InChI is InChI=1S/C14H26N2O/c1-9(2)8-16-12(10(3)4)11(13(17)15-16)14(5,6)7/h9-10H,8H2,1-7H3,(H,15,17). The number of nitrogens with one attached hydrogen (secondary N) is 1. The van der Waals surface area contributed by atoms with Crippen LogP contribution in [0.2, 0.25) is 0 Å². The van der Waals surface area contributed by atoms with Crippen LogP contribution in [-0.2, 0) is 12.0 Å². The van der Waals surface area contributed by atoms with Crippen molar-refractivity contribution in [3.8, 4) is 0 Å². The van der Waals surface area contributed by atoms with Crippen molar-refractivity contribution in [2.75, 3.05) is 0 Å². The smallest absolute Gasteiger partial charge is 0.268 e. The molecule has 3 nitrogen and oxygen atoms in total. The molecule has 17 heavy (non-hydrogen) atoms. The summed E-state index contributed by atoms with van der Waals surface area (Å²) in [7, 11) is 0. The van der Waals surface area contributed by atoms with Crippen molar-refractivity contribution >= 4 is 0 Å². The summed E-state index contributed by atoms with van der Waals surface area (Å²) in [6.45, 7) is 15.8. The van der Waals surface area contributed by atoms with Crippen LogP contribution in [0.15, 0.2) is 4.79 Å². The van der Waals surface area contributed by atoms with E-state index in [1.807, 2.05) is 4.68 Å². The second-order valence-corrected chi connectivity index (χ2v) is 6.61. The molecule has 0 unspecified atom stereocenters. The van der Waals surface area contributed by atoms with Gasteiger partial charge in [-0.15, -0.1) is 0 Å². The molecular formula is C14H26N2O. The second kappa shape index (κ2) is 4.71. The third kappa shape index (κ3) is 3.02. The van der Waals surface area contributed by atoms with Gasteiger partial charge in [-0.25, -0.2) is 0 Å². The fraction of sp³-hybridized carbons (Fsp3) is 0.786. The lowest BCUT2D eigenvalue weighted by Gasteiger charge is -2.21. The summed E-state index contributed by atoms with van der Waals surface area (Å²) in [6.07, 6.45) is 0. The molecule has 1 aromatic heterocycles. The Balaban J connectivity index is 3.41. The molecule has 0 aromatic carbocycles. The molecule has 0 radical (unpaired) electrons. The van der Waals surface area contributed by atoms with Gasteiger partial charge in [0.25, 0.3) is 5.56 Å². The molecule has 1 heterocycles. The molecule has 0 amide bonds. The van der Waals surface area contributed by atoms with Crippen molar-refractivity contribution in [3.63, 3.8) is 0 Å². The number of aromatic nitrogens is 2. The highest BCUT2D eigenvalue weighted by Gasteiger charge is 2.27. The summed E-state index contributed by atoms with van der Waals surface area (Å²) < 4.78 is 2.04. The van der Waals surface area contributed by atoms with E-state index in [1.54, 1.807) is 0 Å². The molecule has 0 aliphatic rings. The van der Waals surface area contributed by atoms with E-state index in [0.717, 1.165) is 17.8 Å². The maximum atomic E-state index is 12.1. The van der Waals surface area contributed by atoms with Crippen LogP contribution in [0.25, 0.3) is 0 Å². The Labute approximate surface area is 104 Å². The Morgan fingerprint density at radius 3 is 2.06 bits per heavy atom.